The van der Waals surface area contributed by atoms with Crippen molar-refractivity contribution in [1.29, 1.82) is 0 Å². The van der Waals surface area contributed by atoms with Crippen LogP contribution in [0.1, 0.15) is 5.56 Å². The van der Waals surface area contributed by atoms with Crippen LogP contribution >= 0.6 is 27.7 Å². The van der Waals surface area contributed by atoms with E-state index in [1.807, 2.05) is 36.4 Å². The number of halogens is 1. The van der Waals surface area contributed by atoms with Gasteiger partial charge in [0.2, 0.25) is 12.7 Å². The first-order valence-corrected chi connectivity index (χ1v) is 10.7. The first-order valence-electron chi connectivity index (χ1n) is 8.87. The maximum Gasteiger partial charge on any atom is 0.231 e. The Morgan fingerprint density at radius 1 is 1.17 bits per heavy atom. The molecular weight excluding hydrogens is 456 g/mol. The topological polar surface area (TPSA) is 89.1 Å². The van der Waals surface area contributed by atoms with E-state index in [4.69, 9.17) is 9.47 Å². The summed E-state index contributed by atoms with van der Waals surface area (Å²) in [6, 6.07) is 11.6. The maximum absolute atomic E-state index is 12.3. The van der Waals surface area contributed by atoms with E-state index in [0.717, 1.165) is 42.7 Å². The van der Waals surface area contributed by atoms with E-state index >= 15 is 0 Å². The maximum atomic E-state index is 12.3. The smallest absolute Gasteiger partial charge is 0.231 e. The van der Waals surface area contributed by atoms with Crippen molar-refractivity contribution in [3.05, 3.63) is 52.8 Å². The minimum absolute atomic E-state index is 0.0710. The SMILES string of the molecule is O=C(CSc1ncnc2c1[nH]c1ccc(Br)cc12)NCc1ccc2c(c1)OCO2. The van der Waals surface area contributed by atoms with E-state index in [1.54, 1.807) is 0 Å². The van der Waals surface area contributed by atoms with Crippen LogP contribution in [0.25, 0.3) is 21.9 Å². The van der Waals surface area contributed by atoms with Crippen molar-refractivity contribution < 1.29 is 14.3 Å². The van der Waals surface area contributed by atoms with Gasteiger partial charge in [-0.2, -0.15) is 0 Å². The lowest BCUT2D eigenvalue weighted by atomic mass is 10.2. The van der Waals surface area contributed by atoms with E-state index in [9.17, 15) is 4.79 Å². The fraction of sp³-hybridized carbons (Fsp3) is 0.150. The molecule has 2 aromatic carbocycles. The number of amides is 1. The number of carbonyl (C=O) groups excluding carboxylic acids is 1. The molecule has 3 heterocycles. The van der Waals surface area contributed by atoms with Gasteiger partial charge in [0.25, 0.3) is 0 Å². The molecule has 1 amide bonds. The Morgan fingerprint density at radius 2 is 2.07 bits per heavy atom. The second kappa shape index (κ2) is 7.57. The van der Waals surface area contributed by atoms with Crippen LogP contribution in [0.5, 0.6) is 11.5 Å². The summed E-state index contributed by atoms with van der Waals surface area (Å²) in [7, 11) is 0. The Morgan fingerprint density at radius 3 is 3.00 bits per heavy atom. The first kappa shape index (κ1) is 18.3. The summed E-state index contributed by atoms with van der Waals surface area (Å²) in [6.45, 7) is 0.662. The lowest BCUT2D eigenvalue weighted by molar-refractivity contribution is -0.118. The third kappa shape index (κ3) is 3.63. The Balaban J connectivity index is 1.26. The van der Waals surface area contributed by atoms with Crippen LogP contribution in [-0.4, -0.2) is 33.4 Å². The van der Waals surface area contributed by atoms with Gasteiger partial charge in [-0.25, -0.2) is 9.97 Å². The highest BCUT2D eigenvalue weighted by molar-refractivity contribution is 9.10. The van der Waals surface area contributed by atoms with Gasteiger partial charge in [0.05, 0.1) is 11.3 Å². The molecule has 0 unspecified atom stereocenters. The number of H-pyrrole nitrogens is 1. The molecule has 5 rings (SSSR count). The molecule has 0 radical (unpaired) electrons. The molecule has 7 nitrogen and oxygen atoms in total. The van der Waals surface area contributed by atoms with E-state index in [2.05, 4.69) is 36.2 Å². The highest BCUT2D eigenvalue weighted by atomic mass is 79.9. The molecule has 1 aliphatic heterocycles. The quantitative estimate of drug-likeness (QED) is 0.338. The normalized spacial score (nSPS) is 12.6. The summed E-state index contributed by atoms with van der Waals surface area (Å²) in [5, 5.41) is 4.70. The van der Waals surface area contributed by atoms with Gasteiger partial charge < -0.3 is 19.8 Å². The molecule has 4 aromatic rings. The average molecular weight is 471 g/mol. The summed E-state index contributed by atoms with van der Waals surface area (Å²) >= 11 is 4.88. The van der Waals surface area contributed by atoms with Crippen molar-refractivity contribution in [2.24, 2.45) is 0 Å². The van der Waals surface area contributed by atoms with Gasteiger partial charge in [-0.3, -0.25) is 4.79 Å². The van der Waals surface area contributed by atoms with Crippen molar-refractivity contribution in [3.8, 4) is 11.5 Å². The summed E-state index contributed by atoms with van der Waals surface area (Å²) in [6.07, 6.45) is 1.53. The minimum Gasteiger partial charge on any atom is -0.454 e. The molecule has 0 fully saturated rings. The molecule has 9 heteroatoms. The molecule has 29 heavy (non-hydrogen) atoms. The van der Waals surface area contributed by atoms with Gasteiger partial charge >= 0.3 is 0 Å². The van der Waals surface area contributed by atoms with Crippen molar-refractivity contribution in [3.63, 3.8) is 0 Å². The third-order valence-corrected chi connectivity index (χ3v) is 6.06. The van der Waals surface area contributed by atoms with Crippen molar-refractivity contribution in [2.75, 3.05) is 12.5 Å². The summed E-state index contributed by atoms with van der Waals surface area (Å²) in [4.78, 5) is 24.4. The van der Waals surface area contributed by atoms with Gasteiger partial charge in [-0.15, -0.1) is 0 Å². The highest BCUT2D eigenvalue weighted by Gasteiger charge is 2.15. The number of aromatic amines is 1. The van der Waals surface area contributed by atoms with Crippen LogP contribution < -0.4 is 14.8 Å². The molecule has 0 saturated heterocycles. The minimum atomic E-state index is -0.0710. The second-order valence-corrected chi connectivity index (χ2v) is 8.35. The molecule has 0 spiro atoms. The fourth-order valence-electron chi connectivity index (χ4n) is 3.19. The lowest BCUT2D eigenvalue weighted by Crippen LogP contribution is -2.24. The van der Waals surface area contributed by atoms with E-state index < -0.39 is 0 Å². The number of fused-ring (bicyclic) bond motifs is 4. The fourth-order valence-corrected chi connectivity index (χ4v) is 4.33. The molecule has 1 aliphatic rings. The Hall–Kier alpha value is -2.78. The zero-order valence-electron chi connectivity index (χ0n) is 15.1. The monoisotopic (exact) mass is 470 g/mol. The van der Waals surface area contributed by atoms with Crippen LogP contribution in [0.4, 0.5) is 0 Å². The number of thioether (sulfide) groups is 1. The highest BCUT2D eigenvalue weighted by Crippen LogP contribution is 2.33. The molecule has 0 bridgehead atoms. The van der Waals surface area contributed by atoms with Crippen LogP contribution in [0.3, 0.4) is 0 Å². The molecule has 0 atom stereocenters. The molecule has 146 valence electrons. The average Bonchev–Trinajstić information content (AvgIpc) is 3.34. The van der Waals surface area contributed by atoms with Crippen molar-refractivity contribution >= 4 is 55.5 Å². The number of carbonyl (C=O) groups is 1. The summed E-state index contributed by atoms with van der Waals surface area (Å²) in [5.41, 5.74) is 3.63. The number of benzene rings is 2. The van der Waals surface area contributed by atoms with Crippen LogP contribution in [-0.2, 0) is 11.3 Å². The number of ether oxygens (including phenoxy) is 2. The number of rotatable bonds is 5. The zero-order chi connectivity index (χ0) is 19.8. The molecule has 0 aliphatic carbocycles. The van der Waals surface area contributed by atoms with E-state index in [-0.39, 0.29) is 18.5 Å². The summed E-state index contributed by atoms with van der Waals surface area (Å²) in [5.74, 6) is 1.63. The Bertz CT molecular complexity index is 1240. The predicted molar refractivity (Wildman–Crippen MR) is 114 cm³/mol. The Kier molecular flexibility index (Phi) is 4.76. The molecular formula is C20H15BrN4O3S. The standard InChI is InChI=1S/C20H15BrN4O3S/c21-12-2-3-14-13(6-12)18-19(25-14)20(24-9-23-18)29-8-17(26)22-7-11-1-4-15-16(5-11)28-10-27-15/h1-6,9,25H,7-8,10H2,(H,22,26). The Labute approximate surface area is 178 Å². The second-order valence-electron chi connectivity index (χ2n) is 6.47. The van der Waals surface area contributed by atoms with Gasteiger partial charge in [-0.1, -0.05) is 33.8 Å². The zero-order valence-corrected chi connectivity index (χ0v) is 17.5. The summed E-state index contributed by atoms with van der Waals surface area (Å²) < 4.78 is 11.7. The lowest BCUT2D eigenvalue weighted by Gasteiger charge is -2.06. The number of hydrogen-bond acceptors (Lipinski definition) is 6. The molecule has 2 aromatic heterocycles. The third-order valence-electron chi connectivity index (χ3n) is 4.58. The van der Waals surface area contributed by atoms with Gasteiger partial charge in [0.1, 0.15) is 16.9 Å². The van der Waals surface area contributed by atoms with E-state index in [1.165, 1.54) is 18.1 Å². The number of aromatic nitrogens is 3. The van der Waals surface area contributed by atoms with E-state index in [0.29, 0.717) is 12.3 Å². The van der Waals surface area contributed by atoms with Crippen LogP contribution in [0, 0.1) is 0 Å². The number of nitrogens with one attached hydrogen (secondary N) is 2. The van der Waals surface area contributed by atoms with Gasteiger partial charge in [-0.05, 0) is 35.9 Å². The molecule has 0 saturated carbocycles. The van der Waals surface area contributed by atoms with Gasteiger partial charge in [0, 0.05) is 21.9 Å². The largest absolute Gasteiger partial charge is 0.454 e. The van der Waals surface area contributed by atoms with Crippen LogP contribution in [0.2, 0.25) is 0 Å². The first-order chi connectivity index (χ1) is 14.2. The van der Waals surface area contributed by atoms with Crippen molar-refractivity contribution in [2.45, 2.75) is 11.6 Å². The van der Waals surface area contributed by atoms with Crippen LogP contribution in [0.15, 0.2) is 52.2 Å². The van der Waals surface area contributed by atoms with Crippen molar-refractivity contribution in [1.82, 2.24) is 20.3 Å². The number of nitrogens with zero attached hydrogens (tertiary/aromatic N) is 2. The number of hydrogen-bond donors (Lipinski definition) is 2. The predicted octanol–water partition coefficient (Wildman–Crippen LogP) is 4.01. The molecule has 2 N–H and O–H groups in total. The van der Waals surface area contributed by atoms with Gasteiger partial charge in [0.15, 0.2) is 11.5 Å².